The maximum Gasteiger partial charge on any atom is 0.179 e. The molecule has 0 unspecified atom stereocenters. The predicted molar refractivity (Wildman–Crippen MR) is 95.1 cm³/mol. The number of benzene rings is 1. The van der Waals surface area contributed by atoms with Gasteiger partial charge in [-0.3, -0.25) is 4.68 Å². The molecule has 1 atom stereocenters. The number of aryl methyl sites for hydroxylation is 2. The van der Waals surface area contributed by atoms with Gasteiger partial charge in [-0.25, -0.2) is 0 Å². The van der Waals surface area contributed by atoms with E-state index >= 15 is 0 Å². The summed E-state index contributed by atoms with van der Waals surface area (Å²) in [6.07, 6.45) is 0. The Hall–Kier alpha value is -1.72. The topological polar surface area (TPSA) is 48.3 Å². The molecule has 0 spiro atoms. The first kappa shape index (κ1) is 17.1. The number of ether oxygens (including phenoxy) is 2. The first-order chi connectivity index (χ1) is 11.5. The van der Waals surface area contributed by atoms with Crippen molar-refractivity contribution in [1.82, 2.24) is 15.1 Å². The van der Waals surface area contributed by atoms with Gasteiger partial charge >= 0.3 is 0 Å². The second-order valence-electron chi connectivity index (χ2n) is 6.10. The van der Waals surface area contributed by atoms with E-state index in [-0.39, 0.29) is 6.04 Å². The minimum atomic E-state index is 0.206. The zero-order chi connectivity index (χ0) is 17.3. The monoisotopic (exact) mass is 349 g/mol. The Morgan fingerprint density at radius 2 is 2.04 bits per heavy atom. The second-order valence-corrected chi connectivity index (χ2v) is 6.51. The SMILES string of the molecule is CCn1nc(C)c([C@H](C)NCc2cc(Cl)c3c(c2)OCCO3)c1C. The van der Waals surface area contributed by atoms with E-state index in [0.29, 0.717) is 30.5 Å². The van der Waals surface area contributed by atoms with Gasteiger partial charge in [0.05, 0.1) is 10.7 Å². The van der Waals surface area contributed by atoms with Gasteiger partial charge < -0.3 is 14.8 Å². The predicted octanol–water partition coefficient (Wildman–Crippen LogP) is 3.80. The van der Waals surface area contributed by atoms with Crippen molar-refractivity contribution in [3.8, 4) is 11.5 Å². The van der Waals surface area contributed by atoms with Gasteiger partial charge in [0.25, 0.3) is 0 Å². The number of nitrogens with one attached hydrogen (secondary N) is 1. The lowest BCUT2D eigenvalue weighted by Gasteiger charge is -2.21. The highest BCUT2D eigenvalue weighted by molar-refractivity contribution is 6.32. The zero-order valence-corrected chi connectivity index (χ0v) is 15.4. The van der Waals surface area contributed by atoms with Crippen LogP contribution in [0.25, 0.3) is 0 Å². The van der Waals surface area contributed by atoms with Crippen molar-refractivity contribution in [1.29, 1.82) is 0 Å². The Balaban J connectivity index is 1.74. The average Bonchev–Trinajstić information content (AvgIpc) is 2.86. The third kappa shape index (κ3) is 3.23. The quantitative estimate of drug-likeness (QED) is 0.892. The lowest BCUT2D eigenvalue weighted by Crippen LogP contribution is -2.20. The summed E-state index contributed by atoms with van der Waals surface area (Å²) in [6, 6.07) is 4.14. The number of hydrogen-bond donors (Lipinski definition) is 1. The van der Waals surface area contributed by atoms with Crippen LogP contribution < -0.4 is 14.8 Å². The van der Waals surface area contributed by atoms with Crippen molar-refractivity contribution in [2.24, 2.45) is 0 Å². The maximum absolute atomic E-state index is 6.31. The summed E-state index contributed by atoms with van der Waals surface area (Å²) in [5.74, 6) is 1.37. The molecule has 0 bridgehead atoms. The van der Waals surface area contributed by atoms with Crippen molar-refractivity contribution >= 4 is 11.6 Å². The Kier molecular flexibility index (Phi) is 5.01. The molecule has 1 aromatic carbocycles. The minimum Gasteiger partial charge on any atom is -0.486 e. The number of nitrogens with zero attached hydrogens (tertiary/aromatic N) is 2. The normalized spacial score (nSPS) is 14.7. The molecule has 1 aromatic heterocycles. The Morgan fingerprint density at radius 3 is 2.75 bits per heavy atom. The highest BCUT2D eigenvalue weighted by Gasteiger charge is 2.19. The second kappa shape index (κ2) is 7.03. The molecule has 0 saturated carbocycles. The Bertz CT molecular complexity index is 742. The van der Waals surface area contributed by atoms with Crippen LogP contribution >= 0.6 is 11.6 Å². The molecule has 1 N–H and O–H groups in total. The van der Waals surface area contributed by atoms with Gasteiger partial charge in [0, 0.05) is 30.4 Å². The summed E-state index contributed by atoms with van der Waals surface area (Å²) in [7, 11) is 0. The van der Waals surface area contributed by atoms with Crippen molar-refractivity contribution in [3.05, 3.63) is 39.7 Å². The molecular formula is C18H24ClN3O2. The van der Waals surface area contributed by atoms with E-state index in [1.807, 2.05) is 16.8 Å². The Labute approximate surface area is 147 Å². The lowest BCUT2D eigenvalue weighted by atomic mass is 10.1. The van der Waals surface area contributed by atoms with Crippen LogP contribution in [-0.4, -0.2) is 23.0 Å². The van der Waals surface area contributed by atoms with Gasteiger partial charge in [-0.05, 0) is 45.4 Å². The van der Waals surface area contributed by atoms with Gasteiger partial charge in [0.15, 0.2) is 11.5 Å². The molecule has 0 radical (unpaired) electrons. The van der Waals surface area contributed by atoms with Crippen LogP contribution in [0.3, 0.4) is 0 Å². The molecule has 130 valence electrons. The molecular weight excluding hydrogens is 326 g/mol. The van der Waals surface area contributed by atoms with Crippen LogP contribution in [0.5, 0.6) is 11.5 Å². The van der Waals surface area contributed by atoms with E-state index in [2.05, 4.69) is 38.1 Å². The van der Waals surface area contributed by atoms with Crippen LogP contribution in [0, 0.1) is 13.8 Å². The summed E-state index contributed by atoms with van der Waals surface area (Å²) in [5.41, 5.74) is 4.64. The number of aromatic nitrogens is 2. The van der Waals surface area contributed by atoms with E-state index in [0.717, 1.165) is 23.6 Å². The van der Waals surface area contributed by atoms with Gasteiger partial charge in [0.2, 0.25) is 0 Å². The van der Waals surface area contributed by atoms with Crippen molar-refractivity contribution in [2.45, 2.75) is 46.8 Å². The highest BCUT2D eigenvalue weighted by atomic mass is 35.5. The summed E-state index contributed by atoms with van der Waals surface area (Å²) in [4.78, 5) is 0. The molecule has 0 fully saturated rings. The maximum atomic E-state index is 6.31. The van der Waals surface area contributed by atoms with Crippen molar-refractivity contribution < 1.29 is 9.47 Å². The zero-order valence-electron chi connectivity index (χ0n) is 14.6. The standard InChI is InChI=1S/C18H24ClN3O2/c1-5-22-13(4)17(12(3)21-22)11(2)20-10-14-8-15(19)18-16(9-14)23-6-7-24-18/h8-9,11,20H,5-7,10H2,1-4H3/t11-/m0/s1. The Morgan fingerprint density at radius 1 is 1.29 bits per heavy atom. The first-order valence-electron chi connectivity index (χ1n) is 8.36. The van der Waals surface area contributed by atoms with Crippen LogP contribution in [0.2, 0.25) is 5.02 Å². The van der Waals surface area contributed by atoms with E-state index in [4.69, 9.17) is 21.1 Å². The van der Waals surface area contributed by atoms with Gasteiger partial charge in [-0.15, -0.1) is 0 Å². The van der Waals surface area contributed by atoms with Crippen molar-refractivity contribution in [2.75, 3.05) is 13.2 Å². The molecule has 2 heterocycles. The number of halogens is 1. The number of hydrogen-bond acceptors (Lipinski definition) is 4. The smallest absolute Gasteiger partial charge is 0.179 e. The van der Waals surface area contributed by atoms with Gasteiger partial charge in [-0.1, -0.05) is 11.6 Å². The molecule has 1 aliphatic heterocycles. The summed E-state index contributed by atoms with van der Waals surface area (Å²) >= 11 is 6.31. The molecule has 0 aliphatic carbocycles. The third-order valence-electron chi connectivity index (χ3n) is 4.44. The number of fused-ring (bicyclic) bond motifs is 1. The lowest BCUT2D eigenvalue weighted by molar-refractivity contribution is 0.171. The molecule has 0 saturated heterocycles. The molecule has 1 aliphatic rings. The number of rotatable bonds is 5. The molecule has 2 aromatic rings. The molecule has 3 rings (SSSR count). The molecule has 6 heteroatoms. The third-order valence-corrected chi connectivity index (χ3v) is 4.72. The minimum absolute atomic E-state index is 0.206. The van der Waals surface area contributed by atoms with Crippen LogP contribution in [0.1, 0.15) is 42.4 Å². The van der Waals surface area contributed by atoms with E-state index in [1.54, 1.807) is 0 Å². The van der Waals surface area contributed by atoms with Crippen molar-refractivity contribution in [3.63, 3.8) is 0 Å². The molecule has 24 heavy (non-hydrogen) atoms. The van der Waals surface area contributed by atoms with Crippen LogP contribution in [0.4, 0.5) is 0 Å². The summed E-state index contributed by atoms with van der Waals surface area (Å²) < 4.78 is 13.2. The van der Waals surface area contributed by atoms with E-state index in [1.165, 1.54) is 11.3 Å². The summed E-state index contributed by atoms with van der Waals surface area (Å²) in [5, 5.41) is 8.76. The average molecular weight is 350 g/mol. The van der Waals surface area contributed by atoms with Crippen LogP contribution in [0.15, 0.2) is 12.1 Å². The molecule has 0 amide bonds. The van der Waals surface area contributed by atoms with E-state index in [9.17, 15) is 0 Å². The molecule has 5 nitrogen and oxygen atoms in total. The fourth-order valence-electron chi connectivity index (χ4n) is 3.28. The first-order valence-corrected chi connectivity index (χ1v) is 8.74. The van der Waals surface area contributed by atoms with E-state index < -0.39 is 0 Å². The van der Waals surface area contributed by atoms with Crippen LogP contribution in [-0.2, 0) is 13.1 Å². The highest BCUT2D eigenvalue weighted by Crippen LogP contribution is 2.38. The summed E-state index contributed by atoms with van der Waals surface area (Å²) in [6.45, 7) is 11.2. The van der Waals surface area contributed by atoms with Gasteiger partial charge in [-0.2, -0.15) is 5.10 Å². The fraction of sp³-hybridized carbons (Fsp3) is 0.500. The largest absolute Gasteiger partial charge is 0.486 e. The van der Waals surface area contributed by atoms with Gasteiger partial charge in [0.1, 0.15) is 13.2 Å². The fourth-order valence-corrected chi connectivity index (χ4v) is 3.57.